The Balaban J connectivity index is 5.69. The van der Waals surface area contributed by atoms with Gasteiger partial charge in [0.2, 0.25) is 0 Å². The summed E-state index contributed by atoms with van der Waals surface area (Å²) in [5.41, 5.74) is 0. The minimum absolute atomic E-state index is 0.208. The molecule has 0 fully saturated rings. The van der Waals surface area contributed by atoms with Crippen molar-refractivity contribution in [1.82, 2.24) is 4.90 Å². The van der Waals surface area contributed by atoms with Crippen LogP contribution in [0.4, 0.5) is 0 Å². The summed E-state index contributed by atoms with van der Waals surface area (Å²) >= 11 is 0. The van der Waals surface area contributed by atoms with Gasteiger partial charge in [-0.15, -0.1) is 0 Å². The normalized spacial score (nSPS) is 13.1. The van der Waals surface area contributed by atoms with E-state index in [-0.39, 0.29) is 26.4 Å². The first-order chi connectivity index (χ1) is 12.4. The Morgan fingerprint density at radius 3 is 1.27 bits per heavy atom. The van der Waals surface area contributed by atoms with Crippen LogP contribution in [0.1, 0.15) is 60.8 Å². The van der Waals surface area contributed by atoms with Crippen LogP contribution in [0.15, 0.2) is 0 Å². The van der Waals surface area contributed by atoms with Gasteiger partial charge in [0.25, 0.3) is 0 Å². The molecule has 0 saturated carbocycles. The Morgan fingerprint density at radius 1 is 0.654 bits per heavy atom. The van der Waals surface area contributed by atoms with E-state index in [0.29, 0.717) is 13.0 Å². The molecule has 26 heavy (non-hydrogen) atoms. The number of hydrogen-bond donors (Lipinski definition) is 0. The van der Waals surface area contributed by atoms with E-state index >= 15 is 0 Å². The van der Waals surface area contributed by atoms with Gasteiger partial charge >= 0.3 is 15.2 Å². The van der Waals surface area contributed by atoms with Gasteiger partial charge in [-0.2, -0.15) is 0 Å². The van der Waals surface area contributed by atoms with Gasteiger partial charge in [-0.3, -0.25) is 9.13 Å². The largest absolute Gasteiger partial charge is 0.345 e. The minimum atomic E-state index is -3.64. The minimum Gasteiger partial charge on any atom is -0.308 e. The summed E-state index contributed by atoms with van der Waals surface area (Å²) in [6, 6.07) is 0. The summed E-state index contributed by atoms with van der Waals surface area (Å²) in [6.07, 6.45) is 2.41. The smallest absolute Gasteiger partial charge is 0.308 e. The van der Waals surface area contributed by atoms with E-state index in [1.807, 2.05) is 0 Å². The molecule has 0 radical (unpaired) electrons. The molecule has 0 aliphatic heterocycles. The molecule has 9 heteroatoms. The van der Waals surface area contributed by atoms with Crippen LogP contribution >= 0.6 is 15.2 Å². The molecular weight excluding hydrogens is 376 g/mol. The van der Waals surface area contributed by atoms with E-state index in [4.69, 9.17) is 18.1 Å². The van der Waals surface area contributed by atoms with Crippen LogP contribution in [-0.4, -0.2) is 56.4 Å². The molecule has 0 aliphatic carbocycles. The summed E-state index contributed by atoms with van der Waals surface area (Å²) in [5, 5.41) is -0.925. The Morgan fingerprint density at radius 2 is 1.00 bits per heavy atom. The Labute approximate surface area is 160 Å². The van der Waals surface area contributed by atoms with E-state index in [1.54, 1.807) is 27.7 Å². The Kier molecular flexibility index (Phi) is 14.4. The fourth-order valence-corrected chi connectivity index (χ4v) is 8.22. The molecule has 0 unspecified atom stereocenters. The summed E-state index contributed by atoms with van der Waals surface area (Å²) in [4.78, 5) is 2.28. The van der Waals surface area contributed by atoms with Gasteiger partial charge in [0, 0.05) is 0 Å². The lowest BCUT2D eigenvalue weighted by atomic mass is 10.3. The van der Waals surface area contributed by atoms with Crippen molar-refractivity contribution in [3.8, 4) is 0 Å². The molecule has 0 aromatic rings. The van der Waals surface area contributed by atoms with Crippen molar-refractivity contribution in [2.75, 3.05) is 46.1 Å². The first-order valence-corrected chi connectivity index (χ1v) is 13.1. The second-order valence-electron chi connectivity index (χ2n) is 5.86. The van der Waals surface area contributed by atoms with Gasteiger partial charge in [0.05, 0.1) is 26.4 Å². The molecule has 0 saturated heterocycles. The fraction of sp³-hybridized carbons (Fsp3) is 1.00. The highest BCUT2D eigenvalue weighted by Gasteiger charge is 2.50. The second-order valence-corrected chi connectivity index (χ2v) is 10.7. The molecule has 0 bridgehead atoms. The zero-order valence-electron chi connectivity index (χ0n) is 17.4. The molecule has 158 valence electrons. The third-order valence-corrected chi connectivity index (χ3v) is 9.90. The molecule has 0 aliphatic rings. The highest BCUT2D eigenvalue weighted by Crippen LogP contribution is 2.71. The van der Waals surface area contributed by atoms with Crippen molar-refractivity contribution in [2.45, 2.75) is 66.2 Å². The van der Waals surface area contributed by atoms with Crippen molar-refractivity contribution < 1.29 is 27.2 Å². The maximum Gasteiger partial charge on any atom is 0.345 e. The first-order valence-electron chi connectivity index (χ1n) is 9.87. The monoisotopic (exact) mass is 415 g/mol. The van der Waals surface area contributed by atoms with Crippen molar-refractivity contribution in [3.05, 3.63) is 0 Å². The van der Waals surface area contributed by atoms with Gasteiger partial charge in [0.1, 0.15) is 0 Å². The van der Waals surface area contributed by atoms with E-state index in [9.17, 15) is 9.13 Å². The molecule has 0 amide bonds. The van der Waals surface area contributed by atoms with Crippen molar-refractivity contribution in [3.63, 3.8) is 0 Å². The number of nitrogens with zero attached hydrogens (tertiary/aromatic N) is 1. The highest BCUT2D eigenvalue weighted by atomic mass is 31.2. The third kappa shape index (κ3) is 8.52. The average Bonchev–Trinajstić information content (AvgIpc) is 2.56. The zero-order valence-corrected chi connectivity index (χ0v) is 19.2. The van der Waals surface area contributed by atoms with Crippen LogP contribution in [0, 0.1) is 0 Å². The molecule has 0 rings (SSSR count). The second kappa shape index (κ2) is 14.3. The lowest BCUT2D eigenvalue weighted by Gasteiger charge is -2.32. The first kappa shape index (κ1) is 26.3. The van der Waals surface area contributed by atoms with Gasteiger partial charge in [-0.25, -0.2) is 0 Å². The lowest BCUT2D eigenvalue weighted by molar-refractivity contribution is 0.188. The van der Waals surface area contributed by atoms with Crippen LogP contribution in [0.3, 0.4) is 0 Å². The summed E-state index contributed by atoms with van der Waals surface area (Å²) in [6.45, 7) is 14.6. The van der Waals surface area contributed by atoms with Crippen LogP contribution in [0.5, 0.6) is 0 Å². The van der Waals surface area contributed by atoms with E-state index < -0.39 is 20.6 Å². The van der Waals surface area contributed by atoms with Crippen LogP contribution in [0.2, 0.25) is 0 Å². The van der Waals surface area contributed by atoms with Gasteiger partial charge in [-0.1, -0.05) is 13.8 Å². The third-order valence-electron chi connectivity index (χ3n) is 3.75. The van der Waals surface area contributed by atoms with E-state index in [1.165, 1.54) is 0 Å². The summed E-state index contributed by atoms with van der Waals surface area (Å²) in [7, 11) is -7.29. The maximum absolute atomic E-state index is 13.4. The van der Waals surface area contributed by atoms with E-state index in [2.05, 4.69) is 18.7 Å². The van der Waals surface area contributed by atoms with E-state index in [0.717, 1.165) is 25.9 Å². The predicted molar refractivity (Wildman–Crippen MR) is 107 cm³/mol. The SMILES string of the molecule is CCCN(CCC)CCC(P(=O)(OCC)OCC)P(=O)(OCC)OCC. The molecule has 0 aromatic heterocycles. The van der Waals surface area contributed by atoms with Crippen LogP contribution in [-0.2, 0) is 27.2 Å². The van der Waals surface area contributed by atoms with Gasteiger partial charge < -0.3 is 23.0 Å². The van der Waals surface area contributed by atoms with Crippen molar-refractivity contribution in [1.29, 1.82) is 0 Å². The summed E-state index contributed by atoms with van der Waals surface area (Å²) in [5.74, 6) is 0. The van der Waals surface area contributed by atoms with Crippen molar-refractivity contribution >= 4 is 15.2 Å². The van der Waals surface area contributed by atoms with Crippen LogP contribution < -0.4 is 0 Å². The van der Waals surface area contributed by atoms with Crippen LogP contribution in [0.25, 0.3) is 0 Å². The van der Waals surface area contributed by atoms with Gasteiger partial charge in [0.15, 0.2) is 5.40 Å². The highest BCUT2D eigenvalue weighted by molar-refractivity contribution is 7.72. The molecule has 0 aromatic carbocycles. The van der Waals surface area contributed by atoms with Crippen molar-refractivity contribution in [2.24, 2.45) is 0 Å². The molecular formula is C17H39NO6P2. The molecule has 0 N–H and O–H groups in total. The average molecular weight is 415 g/mol. The lowest BCUT2D eigenvalue weighted by Crippen LogP contribution is -2.30. The maximum atomic E-state index is 13.4. The standard InChI is InChI=1S/C17H39NO6P2/c1-7-14-18(15-8-2)16-13-17(25(19,21-9-3)22-10-4)26(20,23-11-5)24-12-6/h17H,7-16H2,1-6H3. The predicted octanol–water partition coefficient (Wildman–Crippen LogP) is 5.36. The van der Waals surface area contributed by atoms with Gasteiger partial charge in [-0.05, 0) is 66.6 Å². The Hall–Kier alpha value is 0.260. The zero-order chi connectivity index (χ0) is 20.1. The molecule has 7 nitrogen and oxygen atoms in total. The molecule has 0 atom stereocenters. The molecule has 0 spiro atoms. The fourth-order valence-electron chi connectivity index (χ4n) is 2.89. The summed E-state index contributed by atoms with van der Waals surface area (Å²) < 4.78 is 48.9. The molecule has 0 heterocycles. The Bertz CT molecular complexity index is 393. The topological polar surface area (TPSA) is 74.3 Å². The number of hydrogen-bond acceptors (Lipinski definition) is 7. The quantitative estimate of drug-likeness (QED) is 0.296. The number of rotatable bonds is 17.